The minimum atomic E-state index is -0.505. The van der Waals surface area contributed by atoms with Crippen molar-refractivity contribution in [3.05, 3.63) is 0 Å². The van der Waals surface area contributed by atoms with Gasteiger partial charge in [0, 0.05) is 11.3 Å². The number of amides is 2. The Morgan fingerprint density at radius 1 is 1.42 bits per heavy atom. The summed E-state index contributed by atoms with van der Waals surface area (Å²) < 4.78 is 0. The third-order valence-corrected chi connectivity index (χ3v) is 4.92. The Kier molecular flexibility index (Phi) is 7.00. The van der Waals surface area contributed by atoms with Gasteiger partial charge >= 0.3 is 6.03 Å². The Hall–Kier alpha value is -0.420. The highest BCUT2D eigenvalue weighted by Gasteiger charge is 2.28. The van der Waals surface area contributed by atoms with Crippen molar-refractivity contribution in [1.82, 2.24) is 10.6 Å². The second-order valence-corrected chi connectivity index (χ2v) is 7.23. The molecule has 1 rings (SSSR count). The van der Waals surface area contributed by atoms with Crippen LogP contribution in [0, 0.1) is 0 Å². The number of hydrogen-bond acceptors (Lipinski definition) is 3. The van der Waals surface area contributed by atoms with Crippen LogP contribution in [0.25, 0.3) is 0 Å². The van der Waals surface area contributed by atoms with Crippen LogP contribution in [0.2, 0.25) is 0 Å². The maximum Gasteiger partial charge on any atom is 0.315 e. The minimum absolute atomic E-state index is 0.0206. The summed E-state index contributed by atoms with van der Waals surface area (Å²) in [7, 11) is 0. The quantitative estimate of drug-likeness (QED) is 0.674. The summed E-state index contributed by atoms with van der Waals surface area (Å²) >= 11 is 1.98. The fourth-order valence-electron chi connectivity index (χ4n) is 2.69. The lowest BCUT2D eigenvalue weighted by molar-refractivity contribution is 0.162. The Labute approximate surface area is 121 Å². The molecule has 0 heterocycles. The minimum Gasteiger partial charge on any atom is -0.394 e. The van der Waals surface area contributed by atoms with Crippen LogP contribution >= 0.6 is 11.8 Å². The van der Waals surface area contributed by atoms with Crippen molar-refractivity contribution in [1.29, 1.82) is 0 Å². The molecule has 1 aliphatic carbocycles. The molecule has 4 nitrogen and oxygen atoms in total. The third kappa shape index (κ3) is 5.61. The number of thioether (sulfide) groups is 1. The molecule has 0 aliphatic heterocycles. The van der Waals surface area contributed by atoms with Crippen LogP contribution in [0.1, 0.15) is 52.9 Å². The largest absolute Gasteiger partial charge is 0.394 e. The predicted octanol–water partition coefficient (Wildman–Crippen LogP) is 2.51. The summed E-state index contributed by atoms with van der Waals surface area (Å²) in [4.78, 5) is 12.0. The standard InChI is InChI=1S/C14H28N2O2S/c1-4-8-14(3,10-17)16-13(18)15-11-6-7-12(9-11)19-5-2/h11-12,17H,4-10H2,1-3H3,(H2,15,16,18). The summed E-state index contributed by atoms with van der Waals surface area (Å²) in [5, 5.41) is 16.0. The first kappa shape index (κ1) is 16.6. The van der Waals surface area contributed by atoms with Crippen molar-refractivity contribution in [3.8, 4) is 0 Å². The van der Waals surface area contributed by atoms with E-state index in [2.05, 4.69) is 24.5 Å². The Morgan fingerprint density at radius 3 is 2.74 bits per heavy atom. The van der Waals surface area contributed by atoms with Crippen molar-refractivity contribution >= 4 is 17.8 Å². The van der Waals surface area contributed by atoms with E-state index in [0.29, 0.717) is 5.25 Å². The lowest BCUT2D eigenvalue weighted by Gasteiger charge is -2.29. The van der Waals surface area contributed by atoms with Crippen molar-refractivity contribution in [3.63, 3.8) is 0 Å². The number of aliphatic hydroxyl groups excluding tert-OH is 1. The van der Waals surface area contributed by atoms with Crippen LogP contribution in [0.15, 0.2) is 0 Å². The van der Waals surface area contributed by atoms with Gasteiger partial charge in [-0.1, -0.05) is 20.3 Å². The number of hydrogen-bond donors (Lipinski definition) is 3. The van der Waals surface area contributed by atoms with Gasteiger partial charge in [0.1, 0.15) is 0 Å². The molecule has 0 aromatic carbocycles. The van der Waals surface area contributed by atoms with Gasteiger partial charge in [-0.15, -0.1) is 0 Å². The molecule has 112 valence electrons. The fourth-order valence-corrected chi connectivity index (χ4v) is 3.83. The first-order chi connectivity index (χ1) is 9.03. The molecular formula is C14H28N2O2S. The smallest absolute Gasteiger partial charge is 0.315 e. The van der Waals surface area contributed by atoms with Crippen LogP contribution in [0.5, 0.6) is 0 Å². The van der Waals surface area contributed by atoms with Crippen molar-refractivity contribution in [2.24, 2.45) is 0 Å². The van der Waals surface area contributed by atoms with E-state index in [1.54, 1.807) is 0 Å². The lowest BCUT2D eigenvalue weighted by Crippen LogP contribution is -2.54. The molecule has 3 atom stereocenters. The monoisotopic (exact) mass is 288 g/mol. The van der Waals surface area contributed by atoms with Gasteiger partial charge in [-0.3, -0.25) is 0 Å². The molecule has 0 aromatic rings. The van der Waals surface area contributed by atoms with Gasteiger partial charge in [-0.05, 0) is 38.4 Å². The van der Waals surface area contributed by atoms with Crippen LogP contribution in [-0.4, -0.2) is 40.3 Å². The highest BCUT2D eigenvalue weighted by atomic mass is 32.2. The van der Waals surface area contributed by atoms with Gasteiger partial charge in [0.15, 0.2) is 0 Å². The van der Waals surface area contributed by atoms with E-state index >= 15 is 0 Å². The average Bonchev–Trinajstić information content (AvgIpc) is 2.77. The molecule has 0 saturated heterocycles. The van der Waals surface area contributed by atoms with E-state index < -0.39 is 5.54 Å². The normalized spacial score (nSPS) is 25.9. The highest BCUT2D eigenvalue weighted by molar-refractivity contribution is 7.99. The number of carbonyl (C=O) groups is 1. The molecule has 19 heavy (non-hydrogen) atoms. The van der Waals surface area contributed by atoms with Crippen LogP contribution in [0.4, 0.5) is 4.79 Å². The maximum absolute atomic E-state index is 12.0. The second kappa shape index (κ2) is 8.00. The zero-order valence-corrected chi connectivity index (χ0v) is 13.2. The average molecular weight is 288 g/mol. The zero-order chi connectivity index (χ0) is 14.3. The Morgan fingerprint density at radius 2 is 2.16 bits per heavy atom. The van der Waals surface area contributed by atoms with E-state index in [-0.39, 0.29) is 18.7 Å². The van der Waals surface area contributed by atoms with E-state index in [1.165, 1.54) is 6.42 Å². The second-order valence-electron chi connectivity index (χ2n) is 5.65. The van der Waals surface area contributed by atoms with Gasteiger partial charge in [0.05, 0.1) is 12.1 Å². The van der Waals surface area contributed by atoms with Gasteiger partial charge in [0.2, 0.25) is 0 Å². The predicted molar refractivity (Wildman–Crippen MR) is 81.6 cm³/mol. The number of carbonyl (C=O) groups excluding carboxylic acids is 1. The van der Waals surface area contributed by atoms with Crippen molar-refractivity contribution in [2.75, 3.05) is 12.4 Å². The van der Waals surface area contributed by atoms with Crippen LogP contribution in [0.3, 0.4) is 0 Å². The molecule has 1 fully saturated rings. The fraction of sp³-hybridized carbons (Fsp3) is 0.929. The summed E-state index contributed by atoms with van der Waals surface area (Å²) in [5.74, 6) is 1.14. The highest BCUT2D eigenvalue weighted by Crippen LogP contribution is 2.29. The van der Waals surface area contributed by atoms with E-state index in [0.717, 1.165) is 31.4 Å². The Balaban J connectivity index is 2.35. The maximum atomic E-state index is 12.0. The molecule has 0 spiro atoms. The third-order valence-electron chi connectivity index (χ3n) is 3.69. The molecule has 1 aliphatic rings. The van der Waals surface area contributed by atoms with Crippen LogP contribution < -0.4 is 10.6 Å². The summed E-state index contributed by atoms with van der Waals surface area (Å²) in [6, 6.07) is 0.144. The SMILES string of the molecule is CCCC(C)(CO)NC(=O)NC1CCC(SCC)C1. The number of nitrogens with one attached hydrogen (secondary N) is 2. The molecule has 0 radical (unpaired) electrons. The number of rotatable bonds is 7. The summed E-state index contributed by atoms with van der Waals surface area (Å²) in [6.45, 7) is 6.10. The molecule has 0 aromatic heterocycles. The lowest BCUT2D eigenvalue weighted by atomic mass is 9.97. The molecule has 2 amide bonds. The molecule has 3 unspecified atom stereocenters. The van der Waals surface area contributed by atoms with E-state index in [9.17, 15) is 9.90 Å². The van der Waals surface area contributed by atoms with Gasteiger partial charge in [-0.2, -0.15) is 11.8 Å². The topological polar surface area (TPSA) is 61.4 Å². The molecule has 5 heteroatoms. The van der Waals surface area contributed by atoms with Crippen molar-refractivity contribution < 1.29 is 9.90 Å². The first-order valence-corrected chi connectivity index (χ1v) is 8.39. The first-order valence-electron chi connectivity index (χ1n) is 7.34. The van der Waals surface area contributed by atoms with E-state index in [1.807, 2.05) is 18.7 Å². The Bertz CT molecular complexity index is 289. The van der Waals surface area contributed by atoms with Crippen molar-refractivity contribution in [2.45, 2.75) is 69.7 Å². The number of aliphatic hydroxyl groups is 1. The molecule has 0 bridgehead atoms. The molecule has 3 N–H and O–H groups in total. The number of urea groups is 1. The van der Waals surface area contributed by atoms with Gasteiger partial charge in [-0.25, -0.2) is 4.79 Å². The molecule has 1 saturated carbocycles. The van der Waals surface area contributed by atoms with E-state index in [4.69, 9.17) is 0 Å². The summed E-state index contributed by atoms with van der Waals surface area (Å²) in [6.07, 6.45) is 5.05. The van der Waals surface area contributed by atoms with Gasteiger partial charge < -0.3 is 15.7 Å². The van der Waals surface area contributed by atoms with Gasteiger partial charge in [0.25, 0.3) is 0 Å². The molecular weight excluding hydrogens is 260 g/mol. The van der Waals surface area contributed by atoms with Crippen LogP contribution in [-0.2, 0) is 0 Å². The zero-order valence-electron chi connectivity index (χ0n) is 12.4. The summed E-state index contributed by atoms with van der Waals surface area (Å²) in [5.41, 5.74) is -0.505.